The highest BCUT2D eigenvalue weighted by molar-refractivity contribution is 5.93. The van der Waals surface area contributed by atoms with Gasteiger partial charge >= 0.3 is 0 Å². The fourth-order valence-corrected chi connectivity index (χ4v) is 4.56. The largest absolute Gasteiger partial charge is 0.213 e. The molecule has 0 saturated heterocycles. The molecule has 1 heterocycles. The van der Waals surface area contributed by atoms with Gasteiger partial charge in [-0.3, -0.25) is 0 Å². The summed E-state index contributed by atoms with van der Waals surface area (Å²) < 4.78 is 2.23. The third kappa shape index (κ3) is 1.91. The van der Waals surface area contributed by atoms with Gasteiger partial charge < -0.3 is 0 Å². The van der Waals surface area contributed by atoms with Crippen LogP contribution in [0.5, 0.6) is 0 Å². The fourth-order valence-electron chi connectivity index (χ4n) is 4.56. The van der Waals surface area contributed by atoms with Crippen LogP contribution in [0.2, 0.25) is 0 Å². The molecule has 1 aliphatic carbocycles. The first-order valence-electron chi connectivity index (χ1n) is 8.62. The van der Waals surface area contributed by atoms with Crippen molar-refractivity contribution in [2.45, 2.75) is 33.1 Å². The van der Waals surface area contributed by atoms with Gasteiger partial charge in [0.2, 0.25) is 5.69 Å². The minimum Gasteiger partial charge on any atom is -0.201 e. The van der Waals surface area contributed by atoms with Crippen LogP contribution in [0.25, 0.3) is 22.4 Å². The first kappa shape index (κ1) is 15.1. The topological polar surface area (TPSA) is 3.88 Å². The summed E-state index contributed by atoms with van der Waals surface area (Å²) in [6.45, 7) is 9.21. The first-order chi connectivity index (χ1) is 11.4. The third-order valence-electron chi connectivity index (χ3n) is 5.53. The lowest BCUT2D eigenvalue weighted by atomic mass is 9.79. The standard InChI is InChI=1S/C23H24N/c1-15-14-16(2)22-21(20(15)19-12-8-9-13-24(19)5)17-10-6-7-11-18(17)23(22,3)4/h6-14H,1-5H3/q+1. The molecule has 0 amide bonds. The maximum Gasteiger partial charge on any atom is 0.213 e. The minimum absolute atomic E-state index is 0.0474. The zero-order valence-corrected chi connectivity index (χ0v) is 15.1. The number of pyridine rings is 1. The van der Waals surface area contributed by atoms with Crippen LogP contribution in [-0.2, 0) is 12.5 Å². The van der Waals surface area contributed by atoms with E-state index in [1.54, 1.807) is 0 Å². The van der Waals surface area contributed by atoms with Crippen LogP contribution in [0.1, 0.15) is 36.1 Å². The van der Waals surface area contributed by atoms with Gasteiger partial charge in [0.05, 0.1) is 5.56 Å². The SMILES string of the molecule is Cc1cc(C)c2c(c1-c1cccc[n+]1C)-c1ccccc1C2(C)C. The Balaban J connectivity index is 2.19. The second kappa shape index (κ2) is 5.04. The molecule has 0 aliphatic heterocycles. The van der Waals surface area contributed by atoms with Crippen LogP contribution in [0.3, 0.4) is 0 Å². The Labute approximate surface area is 144 Å². The molecule has 4 rings (SSSR count). The Morgan fingerprint density at radius 1 is 0.833 bits per heavy atom. The summed E-state index contributed by atoms with van der Waals surface area (Å²) in [5.74, 6) is 0. The summed E-state index contributed by atoms with van der Waals surface area (Å²) >= 11 is 0. The molecule has 0 radical (unpaired) electrons. The van der Waals surface area contributed by atoms with E-state index in [1.165, 1.54) is 44.6 Å². The highest BCUT2D eigenvalue weighted by atomic mass is 14.9. The number of hydrogen-bond donors (Lipinski definition) is 0. The van der Waals surface area contributed by atoms with Crippen LogP contribution >= 0.6 is 0 Å². The van der Waals surface area contributed by atoms with Gasteiger partial charge in [0.15, 0.2) is 6.20 Å². The zero-order chi connectivity index (χ0) is 17.1. The number of benzene rings is 2. The Morgan fingerprint density at radius 3 is 2.29 bits per heavy atom. The number of aryl methyl sites for hydroxylation is 3. The van der Waals surface area contributed by atoms with Gasteiger partial charge in [-0.15, -0.1) is 0 Å². The van der Waals surface area contributed by atoms with E-state index in [0.717, 1.165) is 0 Å². The number of aromatic nitrogens is 1. The second-order valence-corrected chi connectivity index (χ2v) is 7.50. The molecule has 120 valence electrons. The minimum atomic E-state index is 0.0474. The summed E-state index contributed by atoms with van der Waals surface area (Å²) in [4.78, 5) is 0. The number of nitrogens with zero attached hydrogens (tertiary/aromatic N) is 1. The molecular formula is C23H24N+. The van der Waals surface area contributed by atoms with Crippen LogP contribution in [-0.4, -0.2) is 0 Å². The second-order valence-electron chi connectivity index (χ2n) is 7.50. The molecule has 0 saturated carbocycles. The molecule has 1 aliphatic rings. The van der Waals surface area contributed by atoms with Crippen LogP contribution < -0.4 is 4.57 Å². The van der Waals surface area contributed by atoms with Crippen molar-refractivity contribution in [2.75, 3.05) is 0 Å². The van der Waals surface area contributed by atoms with Gasteiger partial charge in [-0.1, -0.05) is 44.2 Å². The molecule has 24 heavy (non-hydrogen) atoms. The van der Waals surface area contributed by atoms with Gasteiger partial charge in [0, 0.05) is 23.1 Å². The first-order valence-corrected chi connectivity index (χ1v) is 8.62. The van der Waals surface area contributed by atoms with Gasteiger partial charge in [0.25, 0.3) is 0 Å². The zero-order valence-electron chi connectivity index (χ0n) is 15.1. The Bertz CT molecular complexity index is 964. The van der Waals surface area contributed by atoms with E-state index in [4.69, 9.17) is 0 Å². The van der Waals surface area contributed by atoms with E-state index in [2.05, 4.69) is 94.0 Å². The quantitative estimate of drug-likeness (QED) is 0.550. The molecule has 0 fully saturated rings. The normalized spacial score (nSPS) is 14.4. The third-order valence-corrected chi connectivity index (χ3v) is 5.53. The van der Waals surface area contributed by atoms with E-state index in [1.807, 2.05) is 0 Å². The number of rotatable bonds is 1. The van der Waals surface area contributed by atoms with Crippen LogP contribution in [0.4, 0.5) is 0 Å². The van der Waals surface area contributed by atoms with Gasteiger partial charge in [-0.05, 0) is 47.7 Å². The molecular weight excluding hydrogens is 290 g/mol. The molecule has 0 spiro atoms. The van der Waals surface area contributed by atoms with Crippen LogP contribution in [0.15, 0.2) is 54.7 Å². The fraction of sp³-hybridized carbons (Fsp3) is 0.261. The molecule has 0 atom stereocenters. The van der Waals surface area contributed by atoms with Crippen molar-refractivity contribution in [1.29, 1.82) is 0 Å². The monoisotopic (exact) mass is 314 g/mol. The predicted octanol–water partition coefficient (Wildman–Crippen LogP) is 5.10. The van der Waals surface area contributed by atoms with Crippen molar-refractivity contribution >= 4 is 0 Å². The van der Waals surface area contributed by atoms with Crippen molar-refractivity contribution in [3.63, 3.8) is 0 Å². The lowest BCUT2D eigenvalue weighted by Gasteiger charge is -2.24. The van der Waals surface area contributed by atoms with Gasteiger partial charge in [-0.2, -0.15) is 0 Å². The van der Waals surface area contributed by atoms with Crippen molar-refractivity contribution in [3.8, 4) is 22.4 Å². The van der Waals surface area contributed by atoms with E-state index >= 15 is 0 Å². The van der Waals surface area contributed by atoms with Crippen molar-refractivity contribution in [1.82, 2.24) is 0 Å². The highest BCUT2D eigenvalue weighted by Crippen LogP contribution is 2.53. The molecule has 1 heteroatoms. The molecule has 0 unspecified atom stereocenters. The van der Waals surface area contributed by atoms with Gasteiger partial charge in [-0.25, -0.2) is 4.57 Å². The van der Waals surface area contributed by atoms with Crippen molar-refractivity contribution in [3.05, 3.63) is 77.0 Å². The summed E-state index contributed by atoms with van der Waals surface area (Å²) in [5, 5.41) is 0. The lowest BCUT2D eigenvalue weighted by Crippen LogP contribution is -2.30. The average molecular weight is 314 g/mol. The summed E-state index contributed by atoms with van der Waals surface area (Å²) in [5.41, 5.74) is 11.2. The molecule has 0 N–H and O–H groups in total. The van der Waals surface area contributed by atoms with E-state index < -0.39 is 0 Å². The van der Waals surface area contributed by atoms with Crippen molar-refractivity contribution < 1.29 is 4.57 Å². The number of hydrogen-bond acceptors (Lipinski definition) is 0. The Kier molecular flexibility index (Phi) is 3.18. The average Bonchev–Trinajstić information content (AvgIpc) is 2.78. The van der Waals surface area contributed by atoms with E-state index in [0.29, 0.717) is 0 Å². The Hall–Kier alpha value is -2.41. The summed E-state index contributed by atoms with van der Waals surface area (Å²) in [7, 11) is 2.13. The molecule has 1 nitrogen and oxygen atoms in total. The lowest BCUT2D eigenvalue weighted by molar-refractivity contribution is -0.660. The maximum absolute atomic E-state index is 2.36. The number of fused-ring (bicyclic) bond motifs is 3. The molecule has 1 aromatic heterocycles. The summed E-state index contributed by atoms with van der Waals surface area (Å²) in [6.07, 6.45) is 2.13. The van der Waals surface area contributed by atoms with Crippen LogP contribution in [0, 0.1) is 13.8 Å². The van der Waals surface area contributed by atoms with Gasteiger partial charge in [0.1, 0.15) is 7.05 Å². The van der Waals surface area contributed by atoms with E-state index in [9.17, 15) is 0 Å². The van der Waals surface area contributed by atoms with Crippen molar-refractivity contribution in [2.24, 2.45) is 7.05 Å². The Morgan fingerprint density at radius 2 is 1.54 bits per heavy atom. The smallest absolute Gasteiger partial charge is 0.201 e. The molecule has 0 bridgehead atoms. The molecule has 3 aromatic rings. The highest BCUT2D eigenvalue weighted by Gasteiger charge is 2.39. The molecule has 2 aromatic carbocycles. The predicted molar refractivity (Wildman–Crippen MR) is 100 cm³/mol. The summed E-state index contributed by atoms with van der Waals surface area (Å²) in [6, 6.07) is 17.7. The maximum atomic E-state index is 2.36. The van der Waals surface area contributed by atoms with E-state index in [-0.39, 0.29) is 5.41 Å².